The van der Waals surface area contributed by atoms with Gasteiger partial charge >= 0.3 is 0 Å². The Morgan fingerprint density at radius 1 is 1.07 bits per heavy atom. The highest BCUT2D eigenvalue weighted by Crippen LogP contribution is 2.42. The average molecular weight is 407 g/mol. The van der Waals surface area contributed by atoms with Crippen LogP contribution in [-0.2, 0) is 18.7 Å². The zero-order valence-electron chi connectivity index (χ0n) is 18.4. The van der Waals surface area contributed by atoms with Gasteiger partial charge in [0.2, 0.25) is 0 Å². The summed E-state index contributed by atoms with van der Waals surface area (Å²) in [6.07, 6.45) is 1.23. The molecule has 1 aromatic carbocycles. The van der Waals surface area contributed by atoms with Crippen molar-refractivity contribution in [3.8, 4) is 0 Å². The summed E-state index contributed by atoms with van der Waals surface area (Å²) in [5.41, 5.74) is 2.61. The maximum atomic E-state index is 12.6. The predicted molar refractivity (Wildman–Crippen MR) is 116 cm³/mol. The molecule has 5 heteroatoms. The highest BCUT2D eigenvalue weighted by atomic mass is 28.4. The monoisotopic (exact) mass is 406 g/mol. The maximum absolute atomic E-state index is 12.6. The molecule has 1 aliphatic rings. The van der Waals surface area contributed by atoms with E-state index in [1.807, 2.05) is 30.3 Å². The third-order valence-corrected chi connectivity index (χ3v) is 12.1. The molecule has 2 rings (SSSR count). The zero-order chi connectivity index (χ0) is 20.7. The third-order valence-electron chi connectivity index (χ3n) is 5.99. The molecule has 2 atom stereocenters. The first-order valence-electron chi connectivity index (χ1n) is 10.7. The zero-order valence-corrected chi connectivity index (χ0v) is 19.4. The molecule has 4 nitrogen and oxygen atoms in total. The van der Waals surface area contributed by atoms with E-state index in [-0.39, 0.29) is 18.2 Å². The van der Waals surface area contributed by atoms with E-state index in [1.54, 1.807) is 0 Å². The summed E-state index contributed by atoms with van der Waals surface area (Å²) in [4.78, 5) is 12.6. The van der Waals surface area contributed by atoms with Crippen LogP contribution >= 0.6 is 0 Å². The van der Waals surface area contributed by atoms with Crippen LogP contribution in [0.3, 0.4) is 0 Å². The fraction of sp³-hybridized carbons (Fsp3) is 0.696. The smallest absolute Gasteiger partial charge is 0.200 e. The van der Waals surface area contributed by atoms with Gasteiger partial charge in [-0.25, -0.2) is 0 Å². The molecule has 1 heterocycles. The summed E-state index contributed by atoms with van der Waals surface area (Å²) in [5, 5.41) is 0. The highest BCUT2D eigenvalue weighted by molar-refractivity contribution is 6.77. The Morgan fingerprint density at radius 3 is 2.25 bits per heavy atom. The molecule has 1 aliphatic heterocycles. The maximum Gasteiger partial charge on any atom is 0.200 e. The van der Waals surface area contributed by atoms with Crippen LogP contribution in [0.1, 0.15) is 72.7 Å². The molecule has 0 saturated carbocycles. The fourth-order valence-corrected chi connectivity index (χ4v) is 10.2. The molecule has 0 amide bonds. The minimum Gasteiger partial charge on any atom is -0.416 e. The summed E-state index contributed by atoms with van der Waals surface area (Å²) < 4.78 is 18.3. The molecule has 0 spiro atoms. The van der Waals surface area contributed by atoms with Crippen LogP contribution in [0, 0.1) is 0 Å². The number of benzene rings is 1. The second-order valence-corrected chi connectivity index (χ2v) is 14.3. The lowest BCUT2D eigenvalue weighted by Crippen LogP contribution is -2.48. The predicted octanol–water partition coefficient (Wildman–Crippen LogP) is 6.03. The number of carbonyl (C=O) groups is 1. The van der Waals surface area contributed by atoms with Gasteiger partial charge in [0.1, 0.15) is 5.78 Å². The topological polar surface area (TPSA) is 44.8 Å². The van der Waals surface area contributed by atoms with E-state index >= 15 is 0 Å². The van der Waals surface area contributed by atoms with Gasteiger partial charge in [0, 0.05) is 25.0 Å². The summed E-state index contributed by atoms with van der Waals surface area (Å²) in [5.74, 6) is 0.220. The summed E-state index contributed by atoms with van der Waals surface area (Å²) in [6.45, 7) is 14.8. The Kier molecular flexibility index (Phi) is 8.87. The van der Waals surface area contributed by atoms with Crippen molar-refractivity contribution in [2.75, 3.05) is 13.2 Å². The highest BCUT2D eigenvalue weighted by Gasteiger charge is 2.44. The molecule has 0 aromatic heterocycles. The van der Waals surface area contributed by atoms with Crippen LogP contribution in [-0.4, -0.2) is 33.4 Å². The number of hydrogen-bond donors (Lipinski definition) is 0. The van der Waals surface area contributed by atoms with Gasteiger partial charge in [-0.3, -0.25) is 4.79 Å². The minimum atomic E-state index is -1.91. The number of Topliss-reactive ketones (excluding diaryl/α,β-unsaturated/α-hetero) is 1. The number of hydrogen-bond acceptors (Lipinski definition) is 4. The molecule has 1 unspecified atom stereocenters. The molecule has 28 heavy (non-hydrogen) atoms. The second-order valence-electron chi connectivity index (χ2n) is 8.82. The molecule has 0 bridgehead atoms. The van der Waals surface area contributed by atoms with Crippen LogP contribution in [0.4, 0.5) is 0 Å². The van der Waals surface area contributed by atoms with E-state index in [0.717, 1.165) is 12.0 Å². The van der Waals surface area contributed by atoms with Crippen LogP contribution in [0.25, 0.3) is 0 Å². The van der Waals surface area contributed by atoms with Gasteiger partial charge in [0.25, 0.3) is 0 Å². The van der Waals surface area contributed by atoms with Crippen molar-refractivity contribution < 1.29 is 18.7 Å². The van der Waals surface area contributed by atoms with Gasteiger partial charge in [-0.15, -0.1) is 0 Å². The van der Waals surface area contributed by atoms with Crippen molar-refractivity contribution in [3.05, 3.63) is 35.9 Å². The van der Waals surface area contributed by atoms with Crippen molar-refractivity contribution in [3.63, 3.8) is 0 Å². The minimum absolute atomic E-state index is 0.0752. The summed E-state index contributed by atoms with van der Waals surface area (Å²) in [7, 11) is -1.91. The van der Waals surface area contributed by atoms with Gasteiger partial charge < -0.3 is 13.9 Å². The van der Waals surface area contributed by atoms with Gasteiger partial charge in [0.15, 0.2) is 14.6 Å². The molecule has 0 aliphatic carbocycles. The van der Waals surface area contributed by atoms with Gasteiger partial charge in [-0.2, -0.15) is 0 Å². The lowest BCUT2D eigenvalue weighted by atomic mass is 10.1. The normalized spacial score (nSPS) is 20.9. The fourth-order valence-electron chi connectivity index (χ4n) is 4.72. The largest absolute Gasteiger partial charge is 0.416 e. The average Bonchev–Trinajstić information content (AvgIpc) is 2.65. The van der Waals surface area contributed by atoms with E-state index in [4.69, 9.17) is 13.9 Å². The first-order valence-corrected chi connectivity index (χ1v) is 12.9. The van der Waals surface area contributed by atoms with Crippen molar-refractivity contribution in [2.24, 2.45) is 0 Å². The van der Waals surface area contributed by atoms with E-state index in [1.165, 1.54) is 0 Å². The van der Waals surface area contributed by atoms with E-state index in [9.17, 15) is 4.79 Å². The van der Waals surface area contributed by atoms with E-state index in [0.29, 0.717) is 42.7 Å². The standard InChI is InChI=1S/C23H38O4Si/c1-17(2)28(18(3)4,19(5)6)26-15-12-21(24)16-22-13-14-25-23(27-22)20-10-8-7-9-11-20/h7-11,17-19,22-23H,12-16H2,1-6H3/t22-,23?/m0/s1. The SMILES string of the molecule is CC(C)[Si](OCCC(=O)C[C@@H]1CCOC(c2ccccc2)O1)(C(C)C)C(C)C. The van der Waals surface area contributed by atoms with Crippen LogP contribution in [0.2, 0.25) is 16.6 Å². The number of ketones is 1. The van der Waals surface area contributed by atoms with Crippen LogP contribution in [0.15, 0.2) is 30.3 Å². The number of carbonyl (C=O) groups excluding carboxylic acids is 1. The van der Waals surface area contributed by atoms with Crippen molar-refractivity contribution >= 4 is 14.1 Å². The van der Waals surface area contributed by atoms with Crippen LogP contribution in [0.5, 0.6) is 0 Å². The van der Waals surface area contributed by atoms with Gasteiger partial charge in [-0.1, -0.05) is 71.9 Å². The second kappa shape index (κ2) is 10.7. The number of ether oxygens (including phenoxy) is 2. The van der Waals surface area contributed by atoms with Crippen molar-refractivity contribution in [1.29, 1.82) is 0 Å². The lowest BCUT2D eigenvalue weighted by molar-refractivity contribution is -0.217. The number of rotatable bonds is 10. The molecular weight excluding hydrogens is 368 g/mol. The molecule has 158 valence electrons. The van der Waals surface area contributed by atoms with Crippen molar-refractivity contribution in [2.45, 2.75) is 89.8 Å². The third kappa shape index (κ3) is 5.75. The first-order chi connectivity index (χ1) is 13.3. The molecule has 0 N–H and O–H groups in total. The van der Waals surface area contributed by atoms with E-state index in [2.05, 4.69) is 41.5 Å². The Hall–Kier alpha value is -1.01. The lowest BCUT2D eigenvalue weighted by Gasteiger charge is -2.42. The van der Waals surface area contributed by atoms with Crippen LogP contribution < -0.4 is 0 Å². The summed E-state index contributed by atoms with van der Waals surface area (Å²) in [6, 6.07) is 9.92. The summed E-state index contributed by atoms with van der Waals surface area (Å²) >= 11 is 0. The Morgan fingerprint density at radius 2 is 1.68 bits per heavy atom. The molecule has 0 radical (unpaired) electrons. The molecule has 1 fully saturated rings. The molecular formula is C23H38O4Si. The molecule has 1 aromatic rings. The Bertz CT molecular complexity index is 578. The van der Waals surface area contributed by atoms with Crippen molar-refractivity contribution in [1.82, 2.24) is 0 Å². The molecule has 1 saturated heterocycles. The first kappa shape index (κ1) is 23.3. The Balaban J connectivity index is 1.85. The van der Waals surface area contributed by atoms with Gasteiger partial charge in [0.05, 0.1) is 12.7 Å². The Labute approximate surface area is 172 Å². The van der Waals surface area contributed by atoms with E-state index < -0.39 is 8.32 Å². The van der Waals surface area contributed by atoms with Gasteiger partial charge in [-0.05, 0) is 23.0 Å². The quantitative estimate of drug-likeness (QED) is 0.445.